The summed E-state index contributed by atoms with van der Waals surface area (Å²) in [5, 5.41) is 9.86. The molecule has 1 aliphatic rings. The van der Waals surface area contributed by atoms with Gasteiger partial charge in [0.25, 0.3) is 10.0 Å². The summed E-state index contributed by atoms with van der Waals surface area (Å²) in [6.07, 6.45) is 3.29. The van der Waals surface area contributed by atoms with Crippen LogP contribution in [-0.4, -0.2) is 73.1 Å². The lowest BCUT2D eigenvalue weighted by atomic mass is 10.0. The standard InChI is InChI=1S/C29H36N4O5S/c1-21-17-33(22(2)20-34)29(35)16-24-15-25(31-39(36,37)26-7-5-4-6-8-26)9-10-27(24)38-28(21)19-32(3)18-23-11-13-30-14-12-23/h4-15,21-22,28,31,34H,16-20H2,1-3H3/t21-,22+,28-/m1/s1. The lowest BCUT2D eigenvalue weighted by Gasteiger charge is -2.34. The largest absolute Gasteiger partial charge is 0.488 e. The van der Waals surface area contributed by atoms with E-state index in [1.807, 2.05) is 33.0 Å². The van der Waals surface area contributed by atoms with Crippen LogP contribution in [0.1, 0.15) is 25.0 Å². The number of amides is 1. The Balaban J connectivity index is 1.63. The van der Waals surface area contributed by atoms with Crippen molar-refractivity contribution < 1.29 is 23.1 Å². The summed E-state index contributed by atoms with van der Waals surface area (Å²) in [6, 6.07) is 16.7. The van der Waals surface area contributed by atoms with Gasteiger partial charge in [-0.25, -0.2) is 8.42 Å². The topological polar surface area (TPSA) is 112 Å². The minimum absolute atomic E-state index is 0.0207. The van der Waals surface area contributed by atoms with Crippen LogP contribution >= 0.6 is 0 Å². The molecule has 0 saturated carbocycles. The zero-order valence-electron chi connectivity index (χ0n) is 22.5. The molecule has 9 nitrogen and oxygen atoms in total. The van der Waals surface area contributed by atoms with Crippen LogP contribution < -0.4 is 9.46 Å². The van der Waals surface area contributed by atoms with E-state index in [1.54, 1.807) is 53.7 Å². The molecule has 1 amide bonds. The third-order valence-electron chi connectivity index (χ3n) is 6.92. The van der Waals surface area contributed by atoms with Crippen molar-refractivity contribution in [2.75, 3.05) is 31.5 Å². The fraction of sp³-hybridized carbons (Fsp3) is 0.379. The Kier molecular flexibility index (Phi) is 9.21. The average molecular weight is 553 g/mol. The summed E-state index contributed by atoms with van der Waals surface area (Å²) >= 11 is 0. The fourth-order valence-electron chi connectivity index (χ4n) is 4.70. The van der Waals surface area contributed by atoms with Crippen LogP contribution in [0.3, 0.4) is 0 Å². The number of likely N-dealkylation sites (N-methyl/N-ethyl adjacent to an activating group) is 1. The van der Waals surface area contributed by atoms with Gasteiger partial charge in [0.05, 0.1) is 24.0 Å². The number of hydrogen-bond donors (Lipinski definition) is 2. The minimum atomic E-state index is -3.80. The first-order valence-corrected chi connectivity index (χ1v) is 14.5. The number of nitrogens with zero attached hydrogens (tertiary/aromatic N) is 3. The highest BCUT2D eigenvalue weighted by molar-refractivity contribution is 7.92. The van der Waals surface area contributed by atoms with E-state index in [-0.39, 0.29) is 41.9 Å². The number of ether oxygens (including phenoxy) is 1. The summed E-state index contributed by atoms with van der Waals surface area (Å²) < 4.78 is 35.0. The molecule has 0 unspecified atom stereocenters. The second-order valence-electron chi connectivity index (χ2n) is 10.2. The molecule has 208 valence electrons. The normalized spacial score (nSPS) is 18.9. The van der Waals surface area contributed by atoms with Crippen LogP contribution in [0.5, 0.6) is 5.75 Å². The summed E-state index contributed by atoms with van der Waals surface area (Å²) in [7, 11) is -1.78. The van der Waals surface area contributed by atoms with Crippen molar-refractivity contribution in [2.45, 2.75) is 43.9 Å². The number of carbonyl (C=O) groups is 1. The number of nitrogens with one attached hydrogen (secondary N) is 1. The van der Waals surface area contributed by atoms with Crippen molar-refractivity contribution in [3.05, 3.63) is 84.2 Å². The quantitative estimate of drug-likeness (QED) is 0.419. The second-order valence-corrected chi connectivity index (χ2v) is 11.9. The number of benzene rings is 2. The highest BCUT2D eigenvalue weighted by Gasteiger charge is 2.31. The molecule has 2 heterocycles. The second kappa shape index (κ2) is 12.6. The number of carbonyl (C=O) groups excluding carboxylic acids is 1. The smallest absolute Gasteiger partial charge is 0.261 e. The molecule has 1 aromatic heterocycles. The van der Waals surface area contributed by atoms with Gasteiger partial charge in [-0.1, -0.05) is 25.1 Å². The van der Waals surface area contributed by atoms with Gasteiger partial charge >= 0.3 is 0 Å². The highest BCUT2D eigenvalue weighted by Crippen LogP contribution is 2.30. The molecular formula is C29H36N4O5S. The van der Waals surface area contributed by atoms with Gasteiger partial charge in [-0.05, 0) is 62.0 Å². The molecule has 0 saturated heterocycles. The molecule has 0 bridgehead atoms. The van der Waals surface area contributed by atoms with Crippen molar-refractivity contribution in [1.82, 2.24) is 14.8 Å². The summed E-state index contributed by atoms with van der Waals surface area (Å²) in [5.41, 5.74) is 2.05. The summed E-state index contributed by atoms with van der Waals surface area (Å²) in [5.74, 6) is 0.353. The molecule has 1 aliphatic heterocycles. The van der Waals surface area contributed by atoms with Gasteiger partial charge in [-0.15, -0.1) is 0 Å². The molecule has 39 heavy (non-hydrogen) atoms. The number of sulfonamides is 1. The lowest BCUT2D eigenvalue weighted by Crippen LogP contribution is -2.47. The molecule has 0 aliphatic carbocycles. The van der Waals surface area contributed by atoms with Crippen molar-refractivity contribution in [3.63, 3.8) is 0 Å². The molecule has 4 rings (SSSR count). The van der Waals surface area contributed by atoms with Crippen molar-refractivity contribution >= 4 is 21.6 Å². The van der Waals surface area contributed by atoms with E-state index in [0.717, 1.165) is 5.56 Å². The van der Waals surface area contributed by atoms with Gasteiger partial charge in [-0.3, -0.25) is 19.4 Å². The van der Waals surface area contributed by atoms with E-state index in [0.29, 0.717) is 36.6 Å². The van der Waals surface area contributed by atoms with Gasteiger partial charge in [0.1, 0.15) is 11.9 Å². The van der Waals surface area contributed by atoms with Crippen LogP contribution in [0, 0.1) is 5.92 Å². The predicted octanol–water partition coefficient (Wildman–Crippen LogP) is 3.16. The fourth-order valence-corrected chi connectivity index (χ4v) is 5.77. The third-order valence-corrected chi connectivity index (χ3v) is 8.31. The molecule has 2 N–H and O–H groups in total. The van der Waals surface area contributed by atoms with Crippen molar-refractivity contribution in [2.24, 2.45) is 5.92 Å². The lowest BCUT2D eigenvalue weighted by molar-refractivity contribution is -0.134. The van der Waals surface area contributed by atoms with E-state index in [2.05, 4.69) is 14.6 Å². The highest BCUT2D eigenvalue weighted by atomic mass is 32.2. The molecule has 0 spiro atoms. The maximum absolute atomic E-state index is 13.4. The van der Waals surface area contributed by atoms with E-state index < -0.39 is 10.0 Å². The first-order valence-electron chi connectivity index (χ1n) is 13.0. The van der Waals surface area contributed by atoms with Gasteiger partial charge in [0, 0.05) is 49.2 Å². The Labute approximate surface area is 230 Å². The van der Waals surface area contributed by atoms with E-state index in [1.165, 1.54) is 12.1 Å². The predicted molar refractivity (Wildman–Crippen MR) is 150 cm³/mol. The maximum Gasteiger partial charge on any atom is 0.261 e. The number of pyridine rings is 1. The Hall–Kier alpha value is -3.47. The number of aliphatic hydroxyl groups excluding tert-OH is 1. The van der Waals surface area contributed by atoms with Crippen LogP contribution in [0.25, 0.3) is 0 Å². The zero-order valence-corrected chi connectivity index (χ0v) is 23.3. The van der Waals surface area contributed by atoms with Crippen molar-refractivity contribution in [1.29, 1.82) is 0 Å². The van der Waals surface area contributed by atoms with Gasteiger partial charge in [0.2, 0.25) is 5.91 Å². The van der Waals surface area contributed by atoms with E-state index in [9.17, 15) is 18.3 Å². The monoisotopic (exact) mass is 552 g/mol. The number of hydrogen-bond acceptors (Lipinski definition) is 7. The van der Waals surface area contributed by atoms with Crippen LogP contribution in [0.15, 0.2) is 78.0 Å². The van der Waals surface area contributed by atoms with E-state index >= 15 is 0 Å². The van der Waals surface area contributed by atoms with Gasteiger partial charge < -0.3 is 14.7 Å². The SMILES string of the molecule is C[C@@H]1CN([C@@H](C)CO)C(=O)Cc2cc(NS(=O)(=O)c3ccccc3)ccc2O[C@@H]1CN(C)Cc1ccncc1. The zero-order chi connectivity index (χ0) is 28.0. The van der Waals surface area contributed by atoms with E-state index in [4.69, 9.17) is 4.74 Å². The molecular weight excluding hydrogens is 516 g/mol. The van der Waals surface area contributed by atoms with Crippen LogP contribution in [-0.2, 0) is 27.8 Å². The Morgan fingerprint density at radius 1 is 1.15 bits per heavy atom. The van der Waals surface area contributed by atoms with Crippen LogP contribution in [0.4, 0.5) is 5.69 Å². The summed E-state index contributed by atoms with van der Waals surface area (Å²) in [4.78, 5) is 21.5. The number of rotatable bonds is 9. The number of fused-ring (bicyclic) bond motifs is 1. The minimum Gasteiger partial charge on any atom is -0.488 e. The third kappa shape index (κ3) is 7.35. The summed E-state index contributed by atoms with van der Waals surface area (Å²) in [6.45, 7) is 5.44. The van der Waals surface area contributed by atoms with Gasteiger partial charge in [0.15, 0.2) is 0 Å². The Morgan fingerprint density at radius 3 is 2.56 bits per heavy atom. The number of anilines is 1. The van der Waals surface area contributed by atoms with Crippen LogP contribution in [0.2, 0.25) is 0 Å². The van der Waals surface area contributed by atoms with Crippen molar-refractivity contribution in [3.8, 4) is 5.75 Å². The van der Waals surface area contributed by atoms with Gasteiger partial charge in [-0.2, -0.15) is 0 Å². The molecule has 3 atom stereocenters. The number of aliphatic hydroxyl groups is 1. The molecule has 0 fully saturated rings. The number of aromatic nitrogens is 1. The average Bonchev–Trinajstić information content (AvgIpc) is 2.96. The molecule has 10 heteroatoms. The maximum atomic E-state index is 13.4. The first kappa shape index (κ1) is 28.5. The first-order chi connectivity index (χ1) is 18.7. The molecule has 2 aromatic carbocycles. The molecule has 0 radical (unpaired) electrons. The Morgan fingerprint density at radius 2 is 1.87 bits per heavy atom. The Bertz CT molecular complexity index is 1350. The molecule has 3 aromatic rings.